The van der Waals surface area contributed by atoms with Gasteiger partial charge in [-0.15, -0.1) is 0 Å². The van der Waals surface area contributed by atoms with Crippen molar-refractivity contribution in [1.29, 1.82) is 0 Å². The molecule has 1 aromatic heterocycles. The third-order valence-electron chi connectivity index (χ3n) is 3.30. The van der Waals surface area contributed by atoms with Gasteiger partial charge in [0.2, 0.25) is 5.91 Å². The van der Waals surface area contributed by atoms with Crippen molar-refractivity contribution in [1.82, 2.24) is 9.47 Å². The molecule has 0 aliphatic carbocycles. The second-order valence-corrected chi connectivity index (χ2v) is 4.85. The topological polar surface area (TPSA) is 70.0 Å². The Morgan fingerprint density at radius 3 is 3.00 bits per heavy atom. The van der Waals surface area contributed by atoms with E-state index in [9.17, 15) is 9.59 Å². The average molecular weight is 296 g/mol. The van der Waals surface area contributed by atoms with E-state index in [2.05, 4.69) is 0 Å². The summed E-state index contributed by atoms with van der Waals surface area (Å²) in [5.74, 6) is 0.0523. The maximum atomic E-state index is 12.2. The largest absolute Gasteiger partial charge is 0.491 e. The lowest BCUT2D eigenvalue weighted by atomic mass is 10.3. The summed E-state index contributed by atoms with van der Waals surface area (Å²) in [6.45, 7) is 2.03. The van der Waals surface area contributed by atoms with Crippen molar-refractivity contribution in [2.45, 2.75) is 12.6 Å². The second-order valence-electron chi connectivity index (χ2n) is 4.85. The zero-order valence-electron chi connectivity index (χ0n) is 12.3. The molecule has 21 heavy (non-hydrogen) atoms. The van der Waals surface area contributed by atoms with E-state index in [1.807, 2.05) is 0 Å². The number of aromatic nitrogens is 1. The molecular weight excluding hydrogens is 276 g/mol. The van der Waals surface area contributed by atoms with Gasteiger partial charge in [-0.25, -0.2) is 0 Å². The molecule has 7 nitrogen and oxygen atoms in total. The van der Waals surface area contributed by atoms with Gasteiger partial charge in [0.15, 0.2) is 5.75 Å². The highest BCUT2D eigenvalue weighted by molar-refractivity contribution is 5.75. The number of carbonyl (C=O) groups is 1. The van der Waals surface area contributed by atoms with Crippen molar-refractivity contribution >= 4 is 5.91 Å². The van der Waals surface area contributed by atoms with Crippen LogP contribution in [0.2, 0.25) is 0 Å². The van der Waals surface area contributed by atoms with E-state index < -0.39 is 0 Å². The standard InChI is InChI=1S/C14H20N2O5/c1-15(8-11-10-20-6-7-21-11)13(17)9-16-5-3-4-12(19-2)14(16)18/h3-5,11H,6-10H2,1-2H3/t11-/m0/s1. The summed E-state index contributed by atoms with van der Waals surface area (Å²) in [6.07, 6.45) is 1.45. The Kier molecular flexibility index (Phi) is 5.35. The Bertz CT molecular complexity index is 536. The van der Waals surface area contributed by atoms with Crippen LogP contribution in [0, 0.1) is 0 Å². The summed E-state index contributed by atoms with van der Waals surface area (Å²) >= 11 is 0. The Morgan fingerprint density at radius 2 is 2.33 bits per heavy atom. The molecule has 1 amide bonds. The fourth-order valence-electron chi connectivity index (χ4n) is 2.11. The highest BCUT2D eigenvalue weighted by Gasteiger charge is 2.19. The van der Waals surface area contributed by atoms with Crippen LogP contribution in [0.3, 0.4) is 0 Å². The zero-order chi connectivity index (χ0) is 15.2. The summed E-state index contributed by atoms with van der Waals surface area (Å²) < 4.78 is 17.1. The maximum Gasteiger partial charge on any atom is 0.293 e. The van der Waals surface area contributed by atoms with Gasteiger partial charge in [-0.2, -0.15) is 0 Å². The molecule has 0 spiro atoms. The minimum atomic E-state index is -0.320. The quantitative estimate of drug-likeness (QED) is 0.748. The van der Waals surface area contributed by atoms with Crippen LogP contribution in [-0.4, -0.2) is 62.0 Å². The molecule has 1 aromatic rings. The van der Waals surface area contributed by atoms with E-state index in [-0.39, 0.29) is 29.9 Å². The van der Waals surface area contributed by atoms with E-state index in [0.717, 1.165) is 0 Å². The van der Waals surface area contributed by atoms with Gasteiger partial charge in [0.05, 0.1) is 33.0 Å². The van der Waals surface area contributed by atoms with Crippen molar-refractivity contribution in [3.63, 3.8) is 0 Å². The highest BCUT2D eigenvalue weighted by atomic mass is 16.6. The van der Waals surface area contributed by atoms with Crippen molar-refractivity contribution in [3.05, 3.63) is 28.7 Å². The first-order valence-electron chi connectivity index (χ1n) is 6.78. The second kappa shape index (κ2) is 7.24. The fourth-order valence-corrected chi connectivity index (χ4v) is 2.11. The van der Waals surface area contributed by atoms with Gasteiger partial charge in [0.1, 0.15) is 6.54 Å². The molecule has 1 aliphatic heterocycles. The van der Waals surface area contributed by atoms with E-state index in [0.29, 0.717) is 26.4 Å². The van der Waals surface area contributed by atoms with Gasteiger partial charge in [0, 0.05) is 19.8 Å². The third kappa shape index (κ3) is 4.05. The molecule has 1 aliphatic rings. The molecule has 0 radical (unpaired) electrons. The van der Waals surface area contributed by atoms with E-state index in [1.54, 1.807) is 30.3 Å². The van der Waals surface area contributed by atoms with Gasteiger partial charge < -0.3 is 23.7 Å². The first-order chi connectivity index (χ1) is 10.1. The number of carbonyl (C=O) groups excluding carboxylic acids is 1. The Balaban J connectivity index is 1.95. The van der Waals surface area contributed by atoms with E-state index >= 15 is 0 Å². The molecule has 0 unspecified atom stereocenters. The molecule has 116 valence electrons. The van der Waals surface area contributed by atoms with Crippen LogP contribution in [-0.2, 0) is 20.8 Å². The minimum Gasteiger partial charge on any atom is -0.491 e. The number of pyridine rings is 1. The van der Waals surface area contributed by atoms with Gasteiger partial charge in [0.25, 0.3) is 5.56 Å². The predicted molar refractivity (Wildman–Crippen MR) is 75.5 cm³/mol. The van der Waals surface area contributed by atoms with Gasteiger partial charge in [-0.1, -0.05) is 0 Å². The Labute approximate surface area is 123 Å². The van der Waals surface area contributed by atoms with Crippen LogP contribution in [0.4, 0.5) is 0 Å². The number of rotatable bonds is 5. The van der Waals surface area contributed by atoms with Crippen LogP contribution in [0.25, 0.3) is 0 Å². The molecule has 7 heteroatoms. The lowest BCUT2D eigenvalue weighted by molar-refractivity contribution is -0.136. The fraction of sp³-hybridized carbons (Fsp3) is 0.571. The molecule has 0 saturated carbocycles. The SMILES string of the molecule is COc1cccn(CC(=O)N(C)C[C@H]2COCCO2)c1=O. The highest BCUT2D eigenvalue weighted by Crippen LogP contribution is 2.04. The van der Waals surface area contributed by atoms with Crippen molar-refractivity contribution in [3.8, 4) is 5.75 Å². The number of ether oxygens (including phenoxy) is 3. The Hall–Kier alpha value is -1.86. The molecule has 0 N–H and O–H groups in total. The minimum absolute atomic E-state index is 0.0277. The molecule has 1 atom stereocenters. The molecule has 1 saturated heterocycles. The monoisotopic (exact) mass is 296 g/mol. The van der Waals surface area contributed by atoms with Crippen LogP contribution < -0.4 is 10.3 Å². The molecule has 2 rings (SSSR count). The van der Waals surface area contributed by atoms with Gasteiger partial charge in [-0.05, 0) is 12.1 Å². The summed E-state index contributed by atoms with van der Waals surface area (Å²) in [4.78, 5) is 25.7. The average Bonchev–Trinajstić information content (AvgIpc) is 2.50. The van der Waals surface area contributed by atoms with Crippen LogP contribution >= 0.6 is 0 Å². The van der Waals surface area contributed by atoms with Crippen LogP contribution in [0.1, 0.15) is 0 Å². The summed E-state index contributed by atoms with van der Waals surface area (Å²) in [5, 5.41) is 0. The van der Waals surface area contributed by atoms with E-state index in [1.165, 1.54) is 11.7 Å². The van der Waals surface area contributed by atoms with Gasteiger partial charge >= 0.3 is 0 Å². The third-order valence-corrected chi connectivity index (χ3v) is 3.30. The zero-order valence-corrected chi connectivity index (χ0v) is 12.3. The summed E-state index contributed by atoms with van der Waals surface area (Å²) in [6, 6.07) is 3.24. The number of likely N-dealkylation sites (N-methyl/N-ethyl adjacent to an activating group) is 1. The van der Waals surface area contributed by atoms with Crippen molar-refractivity contribution in [2.24, 2.45) is 0 Å². The van der Waals surface area contributed by atoms with Crippen molar-refractivity contribution < 1.29 is 19.0 Å². The number of amides is 1. The predicted octanol–water partition coefficient (Wildman–Crippen LogP) is -0.269. The van der Waals surface area contributed by atoms with Crippen molar-refractivity contribution in [2.75, 3.05) is 40.5 Å². The first-order valence-corrected chi connectivity index (χ1v) is 6.78. The molecule has 0 bridgehead atoms. The maximum absolute atomic E-state index is 12.2. The summed E-state index contributed by atoms with van der Waals surface area (Å²) in [7, 11) is 3.11. The number of nitrogens with zero attached hydrogens (tertiary/aromatic N) is 2. The normalized spacial score (nSPS) is 18.3. The van der Waals surface area contributed by atoms with E-state index in [4.69, 9.17) is 14.2 Å². The number of hydrogen-bond acceptors (Lipinski definition) is 5. The smallest absolute Gasteiger partial charge is 0.293 e. The number of methoxy groups -OCH3 is 1. The van der Waals surface area contributed by atoms with Crippen LogP contribution in [0.5, 0.6) is 5.75 Å². The molecule has 1 fully saturated rings. The Morgan fingerprint density at radius 1 is 1.52 bits per heavy atom. The first kappa shape index (κ1) is 15.5. The molecule has 0 aromatic carbocycles. The van der Waals surface area contributed by atoms with Gasteiger partial charge in [-0.3, -0.25) is 9.59 Å². The van der Waals surface area contributed by atoms with Crippen LogP contribution in [0.15, 0.2) is 23.1 Å². The summed E-state index contributed by atoms with van der Waals surface area (Å²) in [5.41, 5.74) is -0.320. The molecular formula is C14H20N2O5. The lowest BCUT2D eigenvalue weighted by Crippen LogP contribution is -2.42. The number of hydrogen-bond donors (Lipinski definition) is 0. The lowest BCUT2D eigenvalue weighted by Gasteiger charge is -2.27. The molecule has 2 heterocycles.